The van der Waals surface area contributed by atoms with Crippen LogP contribution in [0.1, 0.15) is 0 Å². The Hall–Kier alpha value is -0.450. The molecule has 0 amide bonds. The molecule has 0 bridgehead atoms. The third kappa shape index (κ3) is 1.75. The number of rotatable bonds is 1. The summed E-state index contributed by atoms with van der Waals surface area (Å²) in [6.45, 7) is 0.0397. The molecule has 0 atom stereocenters. The first-order valence-corrected chi connectivity index (χ1v) is 5.01. The number of halogens is 2. The summed E-state index contributed by atoms with van der Waals surface area (Å²) in [7, 11) is 0. The summed E-state index contributed by atoms with van der Waals surface area (Å²) in [5.74, 6) is 0. The van der Waals surface area contributed by atoms with Crippen molar-refractivity contribution in [1.29, 1.82) is 0 Å². The molecular formula is C8H8ClFN2S. The summed E-state index contributed by atoms with van der Waals surface area (Å²) >= 11 is 7.29. The van der Waals surface area contributed by atoms with Crippen molar-refractivity contribution in [3.8, 4) is 0 Å². The fourth-order valence-corrected chi connectivity index (χ4v) is 2.31. The number of fused-ring (bicyclic) bond motifs is 1. The number of hydrogen-bond donors (Lipinski definition) is 1. The van der Waals surface area contributed by atoms with Crippen LogP contribution < -0.4 is 9.62 Å². The van der Waals surface area contributed by atoms with Crippen molar-refractivity contribution in [3.05, 3.63) is 23.2 Å². The summed E-state index contributed by atoms with van der Waals surface area (Å²) < 4.78 is 15.5. The van der Waals surface area contributed by atoms with Crippen LogP contribution in [0.15, 0.2) is 23.1 Å². The van der Waals surface area contributed by atoms with E-state index in [2.05, 4.69) is 4.72 Å². The maximum absolute atomic E-state index is 12.5. The lowest BCUT2D eigenvalue weighted by atomic mass is 10.3. The summed E-state index contributed by atoms with van der Waals surface area (Å²) in [4.78, 5) is 2.58. The Bertz CT molecular complexity index is 321. The molecule has 1 N–H and O–H groups in total. The van der Waals surface area contributed by atoms with E-state index in [4.69, 9.17) is 11.6 Å². The number of alkyl halides is 1. The molecule has 13 heavy (non-hydrogen) atoms. The van der Waals surface area contributed by atoms with Crippen LogP contribution in [0, 0.1) is 0 Å². The monoisotopic (exact) mass is 218 g/mol. The molecule has 70 valence electrons. The van der Waals surface area contributed by atoms with Crippen LogP contribution >= 0.6 is 23.5 Å². The molecule has 1 aliphatic rings. The van der Waals surface area contributed by atoms with Gasteiger partial charge in [-0.2, -0.15) is 0 Å². The molecule has 0 unspecified atom stereocenters. The molecule has 5 heteroatoms. The largest absolute Gasteiger partial charge is 0.330 e. The molecular weight excluding hydrogens is 211 g/mol. The third-order valence-corrected chi connectivity index (χ3v) is 2.90. The maximum atomic E-state index is 12.5. The first-order chi connectivity index (χ1) is 6.31. The summed E-state index contributed by atoms with van der Waals surface area (Å²) in [6.07, 6.45) is 0. The van der Waals surface area contributed by atoms with E-state index in [1.807, 2.05) is 12.1 Å². The molecule has 1 aliphatic heterocycles. The Morgan fingerprint density at radius 3 is 3.23 bits per heavy atom. The molecule has 1 aromatic rings. The SMILES string of the molecule is FCN1CNSc2cc(Cl)ccc21. The van der Waals surface area contributed by atoms with Crippen molar-refractivity contribution in [2.24, 2.45) is 0 Å². The molecule has 1 heterocycles. The third-order valence-electron chi connectivity index (χ3n) is 1.84. The second kappa shape index (κ2) is 3.74. The van der Waals surface area contributed by atoms with E-state index in [-0.39, 0.29) is 0 Å². The Morgan fingerprint density at radius 2 is 2.46 bits per heavy atom. The predicted octanol–water partition coefficient (Wildman–Crippen LogP) is 2.64. The van der Waals surface area contributed by atoms with E-state index in [1.54, 1.807) is 11.0 Å². The molecule has 2 nitrogen and oxygen atoms in total. The predicted molar refractivity (Wildman–Crippen MR) is 53.8 cm³/mol. The van der Waals surface area contributed by atoms with E-state index in [9.17, 15) is 4.39 Å². The van der Waals surface area contributed by atoms with Crippen LogP contribution in [0.3, 0.4) is 0 Å². The fourth-order valence-electron chi connectivity index (χ4n) is 1.21. The Labute approximate surface area is 85.2 Å². The van der Waals surface area contributed by atoms with Gasteiger partial charge in [-0.05, 0) is 30.1 Å². The minimum absolute atomic E-state index is 0.484. The summed E-state index contributed by atoms with van der Waals surface area (Å²) in [5.41, 5.74) is 0.899. The molecule has 1 aromatic carbocycles. The lowest BCUT2D eigenvalue weighted by Crippen LogP contribution is -2.33. The number of anilines is 1. The van der Waals surface area contributed by atoms with Crippen LogP contribution in [0.25, 0.3) is 0 Å². The molecule has 0 spiro atoms. The van der Waals surface area contributed by atoms with E-state index < -0.39 is 6.80 Å². The van der Waals surface area contributed by atoms with Crippen LogP contribution in [-0.4, -0.2) is 13.5 Å². The maximum Gasteiger partial charge on any atom is 0.163 e. The summed E-state index contributed by atoms with van der Waals surface area (Å²) in [5, 5.41) is 0.675. The van der Waals surface area contributed by atoms with Crippen LogP contribution in [-0.2, 0) is 0 Å². The highest BCUT2D eigenvalue weighted by Crippen LogP contribution is 2.33. The van der Waals surface area contributed by atoms with Gasteiger partial charge in [-0.1, -0.05) is 11.6 Å². The van der Waals surface area contributed by atoms with Gasteiger partial charge < -0.3 is 4.90 Å². The topological polar surface area (TPSA) is 15.3 Å². The average molecular weight is 219 g/mol. The van der Waals surface area contributed by atoms with Gasteiger partial charge in [0.1, 0.15) is 0 Å². The van der Waals surface area contributed by atoms with E-state index >= 15 is 0 Å². The van der Waals surface area contributed by atoms with Crippen molar-refractivity contribution in [1.82, 2.24) is 4.72 Å². The molecule has 0 fully saturated rings. The van der Waals surface area contributed by atoms with Crippen LogP contribution in [0.2, 0.25) is 5.02 Å². The standard InChI is InChI=1S/C8H8ClFN2S/c9-6-1-2-7-8(3-6)13-11-5-12(7)4-10/h1-3,11H,4-5H2. The van der Waals surface area contributed by atoms with Gasteiger partial charge in [-0.25, -0.2) is 9.11 Å². The van der Waals surface area contributed by atoms with Gasteiger partial charge in [0.25, 0.3) is 0 Å². The molecule has 0 aliphatic carbocycles. The average Bonchev–Trinajstić information content (AvgIpc) is 2.16. The normalized spacial score (nSPS) is 15.7. The van der Waals surface area contributed by atoms with Crippen molar-refractivity contribution in [2.45, 2.75) is 4.90 Å². The first-order valence-electron chi connectivity index (χ1n) is 3.81. The van der Waals surface area contributed by atoms with Crippen molar-refractivity contribution >= 4 is 29.2 Å². The van der Waals surface area contributed by atoms with Crippen LogP contribution in [0.5, 0.6) is 0 Å². The first kappa shape index (κ1) is 9.12. The fraction of sp³-hybridized carbons (Fsp3) is 0.250. The van der Waals surface area contributed by atoms with Gasteiger partial charge in [0, 0.05) is 9.92 Å². The highest BCUT2D eigenvalue weighted by molar-refractivity contribution is 7.97. The highest BCUT2D eigenvalue weighted by atomic mass is 35.5. The zero-order valence-corrected chi connectivity index (χ0v) is 8.33. The van der Waals surface area contributed by atoms with Crippen LogP contribution in [0.4, 0.5) is 10.1 Å². The minimum atomic E-state index is -0.484. The zero-order chi connectivity index (χ0) is 9.26. The second-order valence-corrected chi connectivity index (χ2v) is 4.04. The summed E-state index contributed by atoms with van der Waals surface area (Å²) in [6, 6.07) is 5.44. The lowest BCUT2D eigenvalue weighted by molar-refractivity contribution is 0.469. The van der Waals surface area contributed by atoms with E-state index in [0.717, 1.165) is 10.6 Å². The molecule has 0 aromatic heterocycles. The smallest absolute Gasteiger partial charge is 0.163 e. The zero-order valence-electron chi connectivity index (χ0n) is 6.76. The van der Waals surface area contributed by atoms with E-state index in [0.29, 0.717) is 11.7 Å². The Balaban J connectivity index is 2.40. The van der Waals surface area contributed by atoms with Gasteiger partial charge >= 0.3 is 0 Å². The number of nitrogens with one attached hydrogen (secondary N) is 1. The molecule has 0 saturated heterocycles. The van der Waals surface area contributed by atoms with Crippen molar-refractivity contribution < 1.29 is 4.39 Å². The molecule has 2 rings (SSSR count). The minimum Gasteiger partial charge on any atom is -0.330 e. The van der Waals surface area contributed by atoms with Gasteiger partial charge in [0.15, 0.2) is 6.80 Å². The van der Waals surface area contributed by atoms with Crippen molar-refractivity contribution in [3.63, 3.8) is 0 Å². The van der Waals surface area contributed by atoms with Gasteiger partial charge in [-0.3, -0.25) is 0 Å². The Kier molecular flexibility index (Phi) is 2.62. The second-order valence-electron chi connectivity index (χ2n) is 2.68. The molecule has 0 radical (unpaired) electrons. The number of benzene rings is 1. The van der Waals surface area contributed by atoms with Gasteiger partial charge in [0.2, 0.25) is 0 Å². The quantitative estimate of drug-likeness (QED) is 0.576. The van der Waals surface area contributed by atoms with Gasteiger partial charge in [-0.15, -0.1) is 0 Å². The Morgan fingerprint density at radius 1 is 1.62 bits per heavy atom. The van der Waals surface area contributed by atoms with Gasteiger partial charge in [0.05, 0.1) is 12.4 Å². The molecule has 0 saturated carbocycles. The van der Waals surface area contributed by atoms with Crippen molar-refractivity contribution in [2.75, 3.05) is 18.4 Å². The lowest BCUT2D eigenvalue weighted by Gasteiger charge is -2.28. The number of hydrogen-bond acceptors (Lipinski definition) is 3. The highest BCUT2D eigenvalue weighted by Gasteiger charge is 2.16. The number of nitrogens with zero attached hydrogens (tertiary/aromatic N) is 1. The van der Waals surface area contributed by atoms with E-state index in [1.165, 1.54) is 11.9 Å².